The first kappa shape index (κ1) is 18.3. The van der Waals surface area contributed by atoms with E-state index in [1.54, 1.807) is 6.20 Å². The number of hydrogen-bond acceptors (Lipinski definition) is 4. The normalized spacial score (nSPS) is 40.1. The molecule has 4 aliphatic carbocycles. The summed E-state index contributed by atoms with van der Waals surface area (Å²) in [6.07, 6.45) is 12.1. The molecule has 0 aromatic carbocycles. The van der Waals surface area contributed by atoms with E-state index < -0.39 is 11.7 Å². The molecule has 4 aliphatic rings. The monoisotopic (exact) mass is 379 g/mol. The smallest absolute Gasteiger partial charge is 0.0864 e. The molecule has 1 aromatic heterocycles. The minimum Gasteiger partial charge on any atom is -0.393 e. The molecule has 1 saturated carbocycles. The predicted molar refractivity (Wildman–Crippen MR) is 108 cm³/mol. The van der Waals surface area contributed by atoms with E-state index in [9.17, 15) is 15.3 Å². The summed E-state index contributed by atoms with van der Waals surface area (Å²) in [7, 11) is 0. The highest BCUT2D eigenvalue weighted by Crippen LogP contribution is 2.59. The van der Waals surface area contributed by atoms with Crippen LogP contribution in [0.15, 0.2) is 53.4 Å². The Bertz CT molecular complexity index is 886. The van der Waals surface area contributed by atoms with Crippen LogP contribution in [0.2, 0.25) is 0 Å². The summed E-state index contributed by atoms with van der Waals surface area (Å²) in [4.78, 5) is 4.30. The molecule has 0 amide bonds. The molecule has 0 aliphatic heterocycles. The summed E-state index contributed by atoms with van der Waals surface area (Å²) in [5.41, 5.74) is 4.72. The zero-order chi connectivity index (χ0) is 19.5. The lowest BCUT2D eigenvalue weighted by molar-refractivity contribution is 0.00863. The van der Waals surface area contributed by atoms with Crippen molar-refractivity contribution < 1.29 is 15.3 Å². The maximum atomic E-state index is 11.2. The van der Waals surface area contributed by atoms with Crippen LogP contribution in [-0.2, 0) is 0 Å². The second-order valence-electron chi connectivity index (χ2n) is 9.36. The van der Waals surface area contributed by atoms with E-state index in [4.69, 9.17) is 0 Å². The van der Waals surface area contributed by atoms with Gasteiger partial charge in [-0.3, -0.25) is 4.98 Å². The van der Waals surface area contributed by atoms with Crippen molar-refractivity contribution in [1.82, 2.24) is 4.98 Å². The average molecular weight is 380 g/mol. The van der Waals surface area contributed by atoms with Gasteiger partial charge >= 0.3 is 0 Å². The molecule has 3 N–H and O–H groups in total. The van der Waals surface area contributed by atoms with Gasteiger partial charge in [-0.15, -0.1) is 0 Å². The van der Waals surface area contributed by atoms with Crippen LogP contribution in [0.1, 0.15) is 57.4 Å². The highest BCUT2D eigenvalue weighted by atomic mass is 16.3. The lowest BCUT2D eigenvalue weighted by Crippen LogP contribution is -2.38. The maximum Gasteiger partial charge on any atom is 0.0864 e. The first-order chi connectivity index (χ1) is 13.4. The molecule has 0 bridgehead atoms. The molecule has 4 heteroatoms. The Labute approximate surface area is 166 Å². The fraction of sp³-hybridized carbons (Fsp3) is 0.542. The van der Waals surface area contributed by atoms with Gasteiger partial charge in [-0.05, 0) is 79.2 Å². The number of aliphatic hydroxyl groups is 3. The minimum atomic E-state index is -0.828. The van der Waals surface area contributed by atoms with Gasteiger partial charge in [-0.25, -0.2) is 0 Å². The van der Waals surface area contributed by atoms with Crippen LogP contribution < -0.4 is 0 Å². The molecular weight excluding hydrogens is 350 g/mol. The topological polar surface area (TPSA) is 73.6 Å². The predicted octanol–water partition coefficient (Wildman–Crippen LogP) is 3.55. The maximum absolute atomic E-state index is 11.2. The van der Waals surface area contributed by atoms with E-state index in [1.165, 1.54) is 11.1 Å². The first-order valence-corrected chi connectivity index (χ1v) is 10.5. The van der Waals surface area contributed by atoms with Crippen molar-refractivity contribution in [3.63, 3.8) is 0 Å². The molecule has 0 radical (unpaired) electrons. The van der Waals surface area contributed by atoms with E-state index in [1.807, 2.05) is 18.3 Å². The van der Waals surface area contributed by atoms with Crippen molar-refractivity contribution in [2.75, 3.05) is 0 Å². The summed E-state index contributed by atoms with van der Waals surface area (Å²) in [5.74, 6) is 0.353. The van der Waals surface area contributed by atoms with Crippen LogP contribution >= 0.6 is 0 Å². The Morgan fingerprint density at radius 2 is 2.07 bits per heavy atom. The lowest BCUT2D eigenvalue weighted by atomic mass is 9.61. The van der Waals surface area contributed by atoms with Gasteiger partial charge in [-0.2, -0.15) is 0 Å². The summed E-state index contributed by atoms with van der Waals surface area (Å²) >= 11 is 0. The molecule has 0 saturated heterocycles. The van der Waals surface area contributed by atoms with Gasteiger partial charge < -0.3 is 15.3 Å². The second-order valence-corrected chi connectivity index (χ2v) is 9.36. The number of pyridine rings is 1. The number of nitrogens with zero attached hydrogens (tertiary/aromatic N) is 1. The number of aliphatic hydroxyl groups excluding tert-OH is 2. The fourth-order valence-electron chi connectivity index (χ4n) is 6.22. The van der Waals surface area contributed by atoms with Crippen molar-refractivity contribution in [3.8, 4) is 0 Å². The number of allylic oxidation sites excluding steroid dienone is 3. The average Bonchev–Trinajstić information content (AvgIpc) is 2.93. The van der Waals surface area contributed by atoms with Crippen molar-refractivity contribution in [2.24, 2.45) is 11.3 Å². The van der Waals surface area contributed by atoms with Gasteiger partial charge in [0.2, 0.25) is 0 Å². The van der Waals surface area contributed by atoms with E-state index in [0.717, 1.165) is 29.6 Å². The van der Waals surface area contributed by atoms with Crippen LogP contribution in [0.3, 0.4) is 0 Å². The molecule has 1 aromatic rings. The van der Waals surface area contributed by atoms with Crippen molar-refractivity contribution in [1.29, 1.82) is 0 Å². The quantitative estimate of drug-likeness (QED) is 0.698. The molecule has 1 heterocycles. The standard InChI is InChI=1S/C24H29NO3/c1-23-13-22(27)19-12-16-11-17(26)6-8-24(16,28)9-7-18(19)21(23)5-4-20(23)15-3-2-10-25-14-15/h2-4,10,12,14,17,21-22,26-28H,5-9,11,13H2,1H3/t17?,21?,22?,23?,24-/m0/s1. The summed E-state index contributed by atoms with van der Waals surface area (Å²) in [5, 5.41) is 32.5. The summed E-state index contributed by atoms with van der Waals surface area (Å²) in [6.45, 7) is 2.28. The summed E-state index contributed by atoms with van der Waals surface area (Å²) in [6, 6.07) is 4.08. The molecule has 4 unspecified atom stereocenters. The van der Waals surface area contributed by atoms with E-state index >= 15 is 0 Å². The number of aromatic nitrogens is 1. The third-order valence-electron chi connectivity index (χ3n) is 7.76. The fourth-order valence-corrected chi connectivity index (χ4v) is 6.22. The van der Waals surface area contributed by atoms with Crippen LogP contribution in [0.5, 0.6) is 0 Å². The number of fused-ring (bicyclic) bond motifs is 3. The second kappa shape index (κ2) is 6.38. The Hall–Kier alpha value is -1.75. The van der Waals surface area contributed by atoms with Crippen LogP contribution in [0.4, 0.5) is 0 Å². The van der Waals surface area contributed by atoms with E-state index in [2.05, 4.69) is 24.1 Å². The molecular formula is C24H29NO3. The lowest BCUT2D eigenvalue weighted by Gasteiger charge is -2.43. The number of hydrogen-bond donors (Lipinski definition) is 3. The Morgan fingerprint density at radius 1 is 1.21 bits per heavy atom. The first-order valence-electron chi connectivity index (χ1n) is 10.5. The minimum absolute atomic E-state index is 0.114. The van der Waals surface area contributed by atoms with Crippen molar-refractivity contribution in [2.45, 2.75) is 69.7 Å². The molecule has 4 nitrogen and oxygen atoms in total. The van der Waals surface area contributed by atoms with Crippen LogP contribution in [0.25, 0.3) is 5.57 Å². The molecule has 148 valence electrons. The highest BCUT2D eigenvalue weighted by molar-refractivity contribution is 5.74. The van der Waals surface area contributed by atoms with Crippen molar-refractivity contribution >= 4 is 5.57 Å². The van der Waals surface area contributed by atoms with Gasteiger partial charge in [0.15, 0.2) is 0 Å². The molecule has 5 atom stereocenters. The zero-order valence-corrected chi connectivity index (χ0v) is 16.4. The van der Waals surface area contributed by atoms with Gasteiger partial charge in [0, 0.05) is 17.8 Å². The molecule has 5 rings (SSSR count). The third kappa shape index (κ3) is 2.66. The van der Waals surface area contributed by atoms with Gasteiger partial charge in [0.1, 0.15) is 0 Å². The summed E-state index contributed by atoms with van der Waals surface area (Å²) < 4.78 is 0. The van der Waals surface area contributed by atoms with Gasteiger partial charge in [-0.1, -0.05) is 30.7 Å². The highest BCUT2D eigenvalue weighted by Gasteiger charge is 2.50. The molecule has 0 spiro atoms. The van der Waals surface area contributed by atoms with Crippen LogP contribution in [-0.4, -0.2) is 38.1 Å². The number of rotatable bonds is 1. The van der Waals surface area contributed by atoms with Crippen molar-refractivity contribution in [3.05, 3.63) is 59.0 Å². The molecule has 28 heavy (non-hydrogen) atoms. The van der Waals surface area contributed by atoms with Crippen LogP contribution in [0, 0.1) is 11.3 Å². The van der Waals surface area contributed by atoms with E-state index in [-0.39, 0.29) is 11.5 Å². The van der Waals surface area contributed by atoms with Gasteiger partial charge in [0.05, 0.1) is 17.8 Å². The van der Waals surface area contributed by atoms with Gasteiger partial charge in [0.25, 0.3) is 0 Å². The molecule has 1 fully saturated rings. The third-order valence-corrected chi connectivity index (χ3v) is 7.76. The zero-order valence-electron chi connectivity index (χ0n) is 16.4. The largest absolute Gasteiger partial charge is 0.393 e. The Morgan fingerprint density at radius 3 is 2.86 bits per heavy atom. The SMILES string of the molecule is CC12CC(O)C3=C(CC[C@@]4(O)CCC(O)CC4=C3)C1CC=C2c1cccnc1. The van der Waals surface area contributed by atoms with E-state index in [0.29, 0.717) is 38.0 Å². The Kier molecular flexibility index (Phi) is 4.17. The Balaban J connectivity index is 1.55.